The standard InChI is InChI=1S/C13H17ClN2O4/c1-16(8-13(19)4-6-20-7-5-13)11-9(12(17)18)2-3-10(14)15-11/h2-3,19H,4-8H2,1H3,(H,17,18). The van der Waals surface area contributed by atoms with Crippen LogP contribution in [0.25, 0.3) is 0 Å². The minimum absolute atomic E-state index is 0.0626. The van der Waals surface area contributed by atoms with E-state index in [1.54, 1.807) is 11.9 Å². The van der Waals surface area contributed by atoms with Crippen molar-refractivity contribution in [2.75, 3.05) is 31.7 Å². The second kappa shape index (κ2) is 5.95. The summed E-state index contributed by atoms with van der Waals surface area (Å²) in [7, 11) is 1.69. The van der Waals surface area contributed by atoms with Gasteiger partial charge in [0.15, 0.2) is 0 Å². The molecule has 6 nitrogen and oxygen atoms in total. The van der Waals surface area contributed by atoms with Gasteiger partial charge in [-0.3, -0.25) is 0 Å². The van der Waals surface area contributed by atoms with E-state index >= 15 is 0 Å². The number of halogens is 1. The Hall–Kier alpha value is -1.37. The number of carboxylic acid groups (broad SMARTS) is 1. The number of hydrogen-bond acceptors (Lipinski definition) is 5. The first kappa shape index (κ1) is 15.0. The lowest BCUT2D eigenvalue weighted by Gasteiger charge is -2.36. The van der Waals surface area contributed by atoms with E-state index in [9.17, 15) is 15.0 Å². The summed E-state index contributed by atoms with van der Waals surface area (Å²) >= 11 is 5.83. The number of ether oxygens (including phenoxy) is 1. The van der Waals surface area contributed by atoms with Crippen LogP contribution in [-0.4, -0.2) is 53.6 Å². The van der Waals surface area contributed by atoms with Crippen LogP contribution in [0, 0.1) is 0 Å². The van der Waals surface area contributed by atoms with E-state index in [-0.39, 0.29) is 23.1 Å². The number of nitrogens with zero attached hydrogens (tertiary/aromatic N) is 2. The van der Waals surface area contributed by atoms with Crippen molar-refractivity contribution in [3.05, 3.63) is 22.8 Å². The highest BCUT2D eigenvalue weighted by Gasteiger charge is 2.32. The Morgan fingerprint density at radius 2 is 2.15 bits per heavy atom. The lowest BCUT2D eigenvalue weighted by Crippen LogP contribution is -2.46. The molecule has 1 aromatic rings. The molecule has 0 atom stereocenters. The average molecular weight is 301 g/mol. The SMILES string of the molecule is CN(CC1(O)CCOCC1)c1nc(Cl)ccc1C(=O)O. The molecule has 7 heteroatoms. The summed E-state index contributed by atoms with van der Waals surface area (Å²) in [5, 5.41) is 19.9. The van der Waals surface area contributed by atoms with Crippen molar-refractivity contribution in [2.24, 2.45) is 0 Å². The summed E-state index contributed by atoms with van der Waals surface area (Å²) in [6.07, 6.45) is 1.03. The molecule has 110 valence electrons. The Kier molecular flexibility index (Phi) is 4.47. The Balaban J connectivity index is 2.21. The first-order valence-electron chi connectivity index (χ1n) is 6.32. The van der Waals surface area contributed by atoms with Crippen LogP contribution >= 0.6 is 11.6 Å². The lowest BCUT2D eigenvalue weighted by molar-refractivity contribution is -0.0573. The maximum absolute atomic E-state index is 11.2. The molecule has 0 bridgehead atoms. The van der Waals surface area contributed by atoms with Crippen LogP contribution in [0.2, 0.25) is 5.15 Å². The van der Waals surface area contributed by atoms with Gasteiger partial charge in [-0.2, -0.15) is 0 Å². The topological polar surface area (TPSA) is 82.9 Å². The third-order valence-corrected chi connectivity index (χ3v) is 3.60. The summed E-state index contributed by atoms with van der Waals surface area (Å²) in [6, 6.07) is 2.85. The minimum atomic E-state index is -1.07. The van der Waals surface area contributed by atoms with Crippen LogP contribution in [0.1, 0.15) is 23.2 Å². The van der Waals surface area contributed by atoms with Gasteiger partial charge in [0.2, 0.25) is 0 Å². The number of likely N-dealkylation sites (N-methyl/N-ethyl adjacent to an activating group) is 1. The molecule has 1 aromatic heterocycles. The zero-order valence-corrected chi connectivity index (χ0v) is 11.9. The molecule has 1 aliphatic heterocycles. The molecule has 0 amide bonds. The van der Waals surface area contributed by atoms with E-state index in [0.717, 1.165) is 0 Å². The van der Waals surface area contributed by atoms with Gasteiger partial charge in [0.1, 0.15) is 16.5 Å². The Morgan fingerprint density at radius 3 is 2.75 bits per heavy atom. The van der Waals surface area contributed by atoms with E-state index in [1.165, 1.54) is 12.1 Å². The van der Waals surface area contributed by atoms with Crippen molar-refractivity contribution in [3.63, 3.8) is 0 Å². The molecule has 2 rings (SSSR count). The number of aromatic carboxylic acids is 1. The normalized spacial score (nSPS) is 17.8. The monoisotopic (exact) mass is 300 g/mol. The number of aromatic nitrogens is 1. The highest BCUT2D eigenvalue weighted by atomic mass is 35.5. The fourth-order valence-corrected chi connectivity index (χ4v) is 2.45. The smallest absolute Gasteiger partial charge is 0.339 e. The predicted octanol–water partition coefficient (Wildman–Crippen LogP) is 1.41. The summed E-state index contributed by atoms with van der Waals surface area (Å²) in [6.45, 7) is 1.28. The number of aliphatic hydroxyl groups is 1. The molecule has 0 saturated carbocycles. The van der Waals surface area contributed by atoms with Crippen LogP contribution < -0.4 is 4.90 Å². The van der Waals surface area contributed by atoms with Crippen LogP contribution in [0.5, 0.6) is 0 Å². The molecule has 2 N–H and O–H groups in total. The first-order valence-corrected chi connectivity index (χ1v) is 6.70. The number of rotatable bonds is 4. The molecular weight excluding hydrogens is 284 g/mol. The van der Waals surface area contributed by atoms with Crippen molar-refractivity contribution in [1.82, 2.24) is 4.98 Å². The number of carbonyl (C=O) groups is 1. The minimum Gasteiger partial charge on any atom is -0.478 e. The second-order valence-corrected chi connectivity index (χ2v) is 5.39. The van der Waals surface area contributed by atoms with Gasteiger partial charge in [0.25, 0.3) is 0 Å². The lowest BCUT2D eigenvalue weighted by atomic mass is 9.94. The van der Waals surface area contributed by atoms with Gasteiger partial charge in [-0.25, -0.2) is 9.78 Å². The van der Waals surface area contributed by atoms with E-state index in [1.807, 2.05) is 0 Å². The molecule has 1 fully saturated rings. The van der Waals surface area contributed by atoms with Gasteiger partial charge in [0, 0.05) is 39.6 Å². The van der Waals surface area contributed by atoms with Crippen molar-refractivity contribution in [1.29, 1.82) is 0 Å². The van der Waals surface area contributed by atoms with Crippen molar-refractivity contribution >= 4 is 23.4 Å². The van der Waals surface area contributed by atoms with Gasteiger partial charge < -0.3 is 19.8 Å². The van der Waals surface area contributed by atoms with Gasteiger partial charge in [-0.05, 0) is 12.1 Å². The molecule has 20 heavy (non-hydrogen) atoms. The first-order chi connectivity index (χ1) is 9.41. The molecule has 0 unspecified atom stereocenters. The van der Waals surface area contributed by atoms with E-state index < -0.39 is 11.6 Å². The van der Waals surface area contributed by atoms with Crippen molar-refractivity contribution in [2.45, 2.75) is 18.4 Å². The predicted molar refractivity (Wildman–Crippen MR) is 74.5 cm³/mol. The third-order valence-electron chi connectivity index (χ3n) is 3.39. The van der Waals surface area contributed by atoms with Crippen LogP contribution in [-0.2, 0) is 4.74 Å². The summed E-state index contributed by atoms with van der Waals surface area (Å²) in [4.78, 5) is 16.9. The zero-order chi connectivity index (χ0) is 14.8. The maximum Gasteiger partial charge on any atom is 0.339 e. The fourth-order valence-electron chi connectivity index (χ4n) is 2.31. The molecule has 1 saturated heterocycles. The number of hydrogen-bond donors (Lipinski definition) is 2. The summed E-state index contributed by atoms with van der Waals surface area (Å²) in [5.41, 5.74) is -0.834. The Bertz CT molecular complexity index is 503. The molecular formula is C13H17ClN2O4. The summed E-state index contributed by atoms with van der Waals surface area (Å²) in [5.74, 6) is -0.820. The largest absolute Gasteiger partial charge is 0.478 e. The quantitative estimate of drug-likeness (QED) is 0.818. The molecule has 0 radical (unpaired) electrons. The van der Waals surface area contributed by atoms with Crippen LogP contribution in [0.3, 0.4) is 0 Å². The molecule has 1 aliphatic rings. The fraction of sp³-hybridized carbons (Fsp3) is 0.538. The molecule has 0 aromatic carbocycles. The highest BCUT2D eigenvalue weighted by Crippen LogP contribution is 2.26. The van der Waals surface area contributed by atoms with Crippen LogP contribution in [0.15, 0.2) is 12.1 Å². The van der Waals surface area contributed by atoms with E-state index in [0.29, 0.717) is 26.1 Å². The van der Waals surface area contributed by atoms with Gasteiger partial charge >= 0.3 is 5.97 Å². The molecule has 0 spiro atoms. The second-order valence-electron chi connectivity index (χ2n) is 5.00. The third kappa shape index (κ3) is 3.39. The number of pyridine rings is 1. The highest BCUT2D eigenvalue weighted by molar-refractivity contribution is 6.29. The van der Waals surface area contributed by atoms with Crippen molar-refractivity contribution < 1.29 is 19.7 Å². The Morgan fingerprint density at radius 1 is 1.50 bits per heavy atom. The van der Waals surface area contributed by atoms with Gasteiger partial charge in [0.05, 0.1) is 5.60 Å². The van der Waals surface area contributed by atoms with Crippen LogP contribution in [0.4, 0.5) is 5.82 Å². The van der Waals surface area contributed by atoms with E-state index in [2.05, 4.69) is 4.98 Å². The molecule has 0 aliphatic carbocycles. The zero-order valence-electron chi connectivity index (χ0n) is 11.2. The average Bonchev–Trinajstić information content (AvgIpc) is 2.38. The maximum atomic E-state index is 11.2. The van der Waals surface area contributed by atoms with Crippen molar-refractivity contribution in [3.8, 4) is 0 Å². The number of anilines is 1. The van der Waals surface area contributed by atoms with Gasteiger partial charge in [-0.15, -0.1) is 0 Å². The summed E-state index contributed by atoms with van der Waals surface area (Å²) < 4.78 is 5.22. The van der Waals surface area contributed by atoms with E-state index in [4.69, 9.17) is 16.3 Å². The van der Waals surface area contributed by atoms with Gasteiger partial charge in [-0.1, -0.05) is 11.6 Å². The molecule has 2 heterocycles. The number of carboxylic acids is 1. The Labute approximate surface area is 121 Å².